The molecule has 1 amide bonds. The highest BCUT2D eigenvalue weighted by Gasteiger charge is 2.35. The highest BCUT2D eigenvalue weighted by molar-refractivity contribution is 7.09. The second kappa shape index (κ2) is 13.1. The first kappa shape index (κ1) is 26.6. The average Bonchev–Trinajstić information content (AvgIpc) is 3.28. The number of carbonyl (C=O) groups is 1. The fourth-order valence-electron chi connectivity index (χ4n) is 3.59. The number of hydrogen-bond acceptors (Lipinski definition) is 5. The van der Waals surface area contributed by atoms with E-state index >= 15 is 0 Å². The zero-order chi connectivity index (χ0) is 22.7. The van der Waals surface area contributed by atoms with Crippen molar-refractivity contribution in [2.24, 2.45) is 17.0 Å². The van der Waals surface area contributed by atoms with Gasteiger partial charge < -0.3 is 9.74 Å². The molecule has 170 valence electrons. The minimum Gasteiger partial charge on any atom is -0.407 e. The van der Waals surface area contributed by atoms with E-state index in [1.807, 2.05) is 25.4 Å². The predicted molar refractivity (Wildman–Crippen MR) is 127 cm³/mol. The Kier molecular flexibility index (Phi) is 11.6. The molecule has 0 aromatic carbocycles. The molecule has 0 aliphatic rings. The van der Waals surface area contributed by atoms with Crippen LogP contribution in [0.1, 0.15) is 72.4 Å². The van der Waals surface area contributed by atoms with Crippen LogP contribution < -0.4 is 5.32 Å². The lowest BCUT2D eigenvalue weighted by Gasteiger charge is -2.35. The monoisotopic (exact) mass is 453 g/mol. The lowest BCUT2D eigenvalue weighted by molar-refractivity contribution is -0.124. The normalized spacial score (nSPS) is 15.9. The van der Waals surface area contributed by atoms with Crippen molar-refractivity contribution in [2.75, 3.05) is 0 Å². The first-order valence-corrected chi connectivity index (χ1v) is 14.6. The largest absolute Gasteiger partial charge is 0.407 e. The highest BCUT2D eigenvalue weighted by Crippen LogP contribution is 2.34. The van der Waals surface area contributed by atoms with E-state index in [1.165, 1.54) is 0 Å². The molecule has 0 spiro atoms. The van der Waals surface area contributed by atoms with Gasteiger partial charge in [-0.25, -0.2) is 4.98 Å². The van der Waals surface area contributed by atoms with E-state index in [-0.39, 0.29) is 29.9 Å². The van der Waals surface area contributed by atoms with Gasteiger partial charge >= 0.3 is 0 Å². The average molecular weight is 454 g/mol. The van der Waals surface area contributed by atoms with Crippen molar-refractivity contribution in [3.63, 3.8) is 0 Å². The second-order valence-electron chi connectivity index (χ2n) is 8.35. The van der Waals surface area contributed by atoms with Gasteiger partial charge in [-0.05, 0) is 41.9 Å². The predicted octanol–water partition coefficient (Wildman–Crippen LogP) is 6.46. The highest BCUT2D eigenvalue weighted by atomic mass is 32.1. The van der Waals surface area contributed by atoms with E-state index in [0.29, 0.717) is 6.42 Å². The van der Waals surface area contributed by atoms with Crippen LogP contribution in [-0.2, 0) is 9.22 Å². The van der Waals surface area contributed by atoms with Crippen LogP contribution in [0.2, 0.25) is 18.1 Å². The molecule has 7 nitrogen and oxygen atoms in total. The lowest BCUT2D eigenvalue weighted by Crippen LogP contribution is -2.47. The summed E-state index contributed by atoms with van der Waals surface area (Å²) in [6.07, 6.45) is 3.11. The van der Waals surface area contributed by atoms with Crippen molar-refractivity contribution in [3.05, 3.63) is 27.0 Å². The maximum Gasteiger partial charge on any atom is 0.229 e. The van der Waals surface area contributed by atoms with Gasteiger partial charge in [0.25, 0.3) is 0 Å². The number of hydrogen-bond donors (Lipinski definition) is 1. The van der Waals surface area contributed by atoms with Crippen LogP contribution in [-0.4, -0.2) is 31.3 Å². The van der Waals surface area contributed by atoms with Crippen LogP contribution in [0.25, 0.3) is 10.4 Å². The Balaban J connectivity index is 3.10. The van der Waals surface area contributed by atoms with Gasteiger partial charge in [-0.3, -0.25) is 4.79 Å². The van der Waals surface area contributed by atoms with E-state index in [4.69, 9.17) is 9.96 Å². The van der Waals surface area contributed by atoms with Crippen molar-refractivity contribution in [1.82, 2.24) is 10.3 Å². The van der Waals surface area contributed by atoms with Gasteiger partial charge in [0.1, 0.15) is 11.0 Å². The summed E-state index contributed by atoms with van der Waals surface area (Å²) in [6, 6.07) is 2.40. The van der Waals surface area contributed by atoms with Gasteiger partial charge in [0.15, 0.2) is 8.32 Å². The Morgan fingerprint density at radius 3 is 2.33 bits per heavy atom. The molecule has 4 atom stereocenters. The summed E-state index contributed by atoms with van der Waals surface area (Å²) in [5.41, 5.74) is 8.91. The molecule has 1 aromatic rings. The van der Waals surface area contributed by atoms with Crippen molar-refractivity contribution in [2.45, 2.75) is 97.6 Å². The quantitative estimate of drug-likeness (QED) is 0.151. The smallest absolute Gasteiger partial charge is 0.229 e. The number of azide groups is 1. The van der Waals surface area contributed by atoms with Crippen molar-refractivity contribution in [3.8, 4) is 0 Å². The van der Waals surface area contributed by atoms with E-state index in [1.54, 1.807) is 11.3 Å². The first-order valence-electron chi connectivity index (χ1n) is 11.2. The van der Waals surface area contributed by atoms with Gasteiger partial charge in [-0.2, -0.15) is 0 Å². The van der Waals surface area contributed by atoms with Crippen LogP contribution in [0.5, 0.6) is 0 Å². The Morgan fingerprint density at radius 2 is 1.90 bits per heavy atom. The summed E-state index contributed by atoms with van der Waals surface area (Å²) >= 11 is 1.61. The molecule has 0 fully saturated rings. The fraction of sp³-hybridized carbons (Fsp3) is 0.810. The number of nitrogens with zero attached hydrogens (tertiary/aromatic N) is 4. The number of rotatable bonds is 14. The minimum atomic E-state index is -1.85. The fourth-order valence-corrected chi connectivity index (χ4v) is 7.17. The topological polar surface area (TPSA) is 100.0 Å². The molecule has 0 unspecified atom stereocenters. The third kappa shape index (κ3) is 7.37. The Morgan fingerprint density at radius 1 is 1.27 bits per heavy atom. The third-order valence-corrected chi connectivity index (χ3v) is 11.8. The molecule has 0 saturated heterocycles. The number of amides is 1. The van der Waals surface area contributed by atoms with Gasteiger partial charge in [0.05, 0.1) is 6.10 Å². The molecule has 1 N–H and O–H groups in total. The Hall–Kier alpha value is -1.41. The van der Waals surface area contributed by atoms with Crippen LogP contribution in [0, 0.1) is 11.8 Å². The first-order chi connectivity index (χ1) is 14.3. The maximum absolute atomic E-state index is 12.9. The van der Waals surface area contributed by atoms with Gasteiger partial charge in [0.2, 0.25) is 5.91 Å². The zero-order valence-corrected chi connectivity index (χ0v) is 21.4. The summed E-state index contributed by atoms with van der Waals surface area (Å²) < 4.78 is 6.82. The van der Waals surface area contributed by atoms with Crippen LogP contribution in [0.3, 0.4) is 0 Å². The molecule has 0 aliphatic heterocycles. The molecule has 0 saturated carbocycles. The Labute approximate surface area is 186 Å². The number of carbonyl (C=O) groups excluding carboxylic acids is 1. The molecule has 30 heavy (non-hydrogen) atoms. The standard InChI is InChI=1S/C21H39N5O2SSi/c1-8-16(7)19(25-26-22)20(27)24-17(15(5)6)14-18(21-23-12-13-29-21)28-30(9-2,10-3)11-4/h12-13,15-19H,8-11,14H2,1-7H3,(H,24,27)/t16-,17+,18+,19-/m0/s1. The zero-order valence-electron chi connectivity index (χ0n) is 19.6. The summed E-state index contributed by atoms with van der Waals surface area (Å²) in [4.78, 5) is 20.4. The molecule has 0 bridgehead atoms. The van der Waals surface area contributed by atoms with E-state index in [9.17, 15) is 4.79 Å². The van der Waals surface area contributed by atoms with Crippen LogP contribution >= 0.6 is 11.3 Å². The van der Waals surface area contributed by atoms with Gasteiger partial charge in [0, 0.05) is 22.5 Å². The molecular formula is C21H39N5O2SSi. The van der Waals surface area contributed by atoms with Crippen LogP contribution in [0.15, 0.2) is 16.7 Å². The van der Waals surface area contributed by atoms with E-state index in [0.717, 1.165) is 29.6 Å². The second-order valence-corrected chi connectivity index (χ2v) is 14.0. The number of thiazole rings is 1. The Bertz CT molecular complexity index is 667. The van der Waals surface area contributed by atoms with E-state index < -0.39 is 14.4 Å². The molecule has 9 heteroatoms. The molecular weight excluding hydrogens is 414 g/mol. The minimum absolute atomic E-state index is 0.0138. The van der Waals surface area contributed by atoms with Gasteiger partial charge in [-0.15, -0.1) is 11.3 Å². The molecule has 0 radical (unpaired) electrons. The summed E-state index contributed by atoms with van der Waals surface area (Å²) in [5.74, 6) is -0.00613. The summed E-state index contributed by atoms with van der Waals surface area (Å²) in [5, 5.41) is 9.87. The van der Waals surface area contributed by atoms with E-state index in [2.05, 4.69) is 54.9 Å². The SMILES string of the molecule is CC[C@H](C)[C@H](N=[N+]=[N-])C(=O)N[C@H](C[C@@H](O[Si](CC)(CC)CC)c1nccs1)C(C)C. The van der Waals surface area contributed by atoms with Crippen LogP contribution in [0.4, 0.5) is 0 Å². The molecule has 0 aliphatic carbocycles. The maximum atomic E-state index is 12.9. The summed E-state index contributed by atoms with van der Waals surface area (Å²) in [7, 11) is -1.85. The lowest BCUT2D eigenvalue weighted by atomic mass is 9.95. The number of aromatic nitrogens is 1. The van der Waals surface area contributed by atoms with Crippen molar-refractivity contribution >= 4 is 25.6 Å². The van der Waals surface area contributed by atoms with Crippen molar-refractivity contribution in [1.29, 1.82) is 0 Å². The summed E-state index contributed by atoms with van der Waals surface area (Å²) in [6.45, 7) is 14.8. The van der Waals surface area contributed by atoms with Gasteiger partial charge in [-0.1, -0.05) is 60.0 Å². The molecule has 1 aromatic heterocycles. The molecule has 1 heterocycles. The third-order valence-electron chi connectivity index (χ3n) is 6.28. The molecule has 1 rings (SSSR count). The van der Waals surface area contributed by atoms with Crippen molar-refractivity contribution < 1.29 is 9.22 Å². The number of nitrogens with one attached hydrogen (secondary N) is 1.